The molecule has 0 N–H and O–H groups in total. The number of hydrogen-bond donors (Lipinski definition) is 0. The molecule has 0 saturated carbocycles. The molecule has 96 valence electrons. The molecule has 5 heteroatoms. The van der Waals surface area contributed by atoms with Gasteiger partial charge in [-0.25, -0.2) is 0 Å². The molecule has 0 aromatic heterocycles. The Hall–Kier alpha value is -0.740. The summed E-state index contributed by atoms with van der Waals surface area (Å²) in [6.07, 6.45) is -4.31. The predicted molar refractivity (Wildman–Crippen MR) is 61.4 cm³/mol. The summed E-state index contributed by atoms with van der Waals surface area (Å²) in [7, 11) is 0. The molecule has 0 saturated heterocycles. The fourth-order valence-corrected chi connectivity index (χ4v) is 1.79. The zero-order chi connectivity index (χ0) is 13.1. The Morgan fingerprint density at radius 3 is 2.53 bits per heavy atom. The lowest BCUT2D eigenvalue weighted by Gasteiger charge is -2.14. The van der Waals surface area contributed by atoms with Crippen molar-refractivity contribution in [3.63, 3.8) is 0 Å². The van der Waals surface area contributed by atoms with Crippen LogP contribution in [0, 0.1) is 13.8 Å². The topological polar surface area (TPSA) is 9.23 Å². The summed E-state index contributed by atoms with van der Waals surface area (Å²) in [5.74, 6) is 0. The van der Waals surface area contributed by atoms with Crippen molar-refractivity contribution < 1.29 is 17.9 Å². The van der Waals surface area contributed by atoms with E-state index in [1.165, 1.54) is 0 Å². The predicted octanol–water partition coefficient (Wildman–Crippen LogP) is 4.16. The fourth-order valence-electron chi connectivity index (χ4n) is 1.47. The summed E-state index contributed by atoms with van der Waals surface area (Å²) >= 11 is 6.02. The van der Waals surface area contributed by atoms with Gasteiger partial charge in [-0.05, 0) is 25.0 Å². The van der Waals surface area contributed by atoms with Crippen LogP contribution in [0.5, 0.6) is 0 Å². The molecule has 0 heterocycles. The van der Waals surface area contributed by atoms with Gasteiger partial charge in [0.25, 0.3) is 0 Å². The van der Waals surface area contributed by atoms with Crippen molar-refractivity contribution in [3.8, 4) is 0 Å². The quantitative estimate of drug-likeness (QED) is 0.744. The van der Waals surface area contributed by atoms with Crippen LogP contribution in [0.1, 0.15) is 22.1 Å². The van der Waals surface area contributed by atoms with E-state index in [1.807, 2.05) is 32.0 Å². The van der Waals surface area contributed by atoms with Crippen molar-refractivity contribution in [2.45, 2.75) is 25.4 Å². The van der Waals surface area contributed by atoms with Crippen molar-refractivity contribution >= 4 is 11.6 Å². The van der Waals surface area contributed by atoms with Gasteiger partial charge in [0.2, 0.25) is 0 Å². The third-order valence-corrected chi connectivity index (χ3v) is 2.66. The Morgan fingerprint density at radius 1 is 1.29 bits per heavy atom. The lowest BCUT2D eigenvalue weighted by Crippen LogP contribution is -2.18. The van der Waals surface area contributed by atoms with Crippen LogP contribution in [0.15, 0.2) is 18.2 Å². The molecule has 0 aliphatic rings. The minimum atomic E-state index is -4.31. The number of rotatable bonds is 4. The second-order valence-corrected chi connectivity index (χ2v) is 4.48. The Kier molecular flexibility index (Phi) is 4.83. The van der Waals surface area contributed by atoms with Crippen LogP contribution >= 0.6 is 11.6 Å². The average Bonchev–Trinajstić information content (AvgIpc) is 2.19. The van der Waals surface area contributed by atoms with Crippen LogP contribution in [0.3, 0.4) is 0 Å². The molecule has 1 rings (SSSR count). The summed E-state index contributed by atoms with van der Waals surface area (Å²) in [5.41, 5.74) is 2.78. The molecule has 1 nitrogen and oxygen atoms in total. The number of hydrogen-bond acceptors (Lipinski definition) is 1. The molecule has 0 fully saturated rings. The van der Waals surface area contributed by atoms with Crippen molar-refractivity contribution in [2.75, 3.05) is 13.2 Å². The van der Waals surface area contributed by atoms with Crippen LogP contribution in [0.2, 0.25) is 0 Å². The van der Waals surface area contributed by atoms with E-state index in [0.29, 0.717) is 0 Å². The standard InChI is InChI=1S/C12H14ClF3O/c1-8-3-4-9(2)10(5-8)11(13)6-17-7-12(14,15)16/h3-5,11H,6-7H2,1-2H3. The normalized spacial score (nSPS) is 13.8. The highest BCUT2D eigenvalue weighted by Gasteiger charge is 2.28. The number of ether oxygens (including phenoxy) is 1. The molecule has 0 bridgehead atoms. The Bertz CT molecular complexity index is 377. The van der Waals surface area contributed by atoms with Crippen LogP contribution < -0.4 is 0 Å². The van der Waals surface area contributed by atoms with E-state index in [0.717, 1.165) is 16.7 Å². The average molecular weight is 267 g/mol. The van der Waals surface area contributed by atoms with Crippen LogP contribution in [0.25, 0.3) is 0 Å². The number of benzene rings is 1. The van der Waals surface area contributed by atoms with E-state index < -0.39 is 18.2 Å². The zero-order valence-corrected chi connectivity index (χ0v) is 10.4. The van der Waals surface area contributed by atoms with Crippen molar-refractivity contribution in [3.05, 3.63) is 34.9 Å². The lowest BCUT2D eigenvalue weighted by atomic mass is 10.0. The van der Waals surface area contributed by atoms with E-state index in [9.17, 15) is 13.2 Å². The summed E-state index contributed by atoms with van der Waals surface area (Å²) in [6.45, 7) is 2.36. The second kappa shape index (κ2) is 5.74. The van der Waals surface area contributed by atoms with Gasteiger partial charge in [-0.1, -0.05) is 23.8 Å². The van der Waals surface area contributed by atoms with Crippen LogP contribution in [0.4, 0.5) is 13.2 Å². The van der Waals surface area contributed by atoms with E-state index >= 15 is 0 Å². The number of aryl methyl sites for hydroxylation is 2. The molecule has 1 atom stereocenters. The first kappa shape index (κ1) is 14.3. The van der Waals surface area contributed by atoms with Gasteiger partial charge in [0.15, 0.2) is 0 Å². The van der Waals surface area contributed by atoms with E-state index in [1.54, 1.807) is 0 Å². The first-order valence-electron chi connectivity index (χ1n) is 5.15. The minimum Gasteiger partial charge on any atom is -0.370 e. The molecule has 0 aliphatic carbocycles. The monoisotopic (exact) mass is 266 g/mol. The maximum Gasteiger partial charge on any atom is 0.411 e. The van der Waals surface area contributed by atoms with Gasteiger partial charge in [-0.2, -0.15) is 13.2 Å². The second-order valence-electron chi connectivity index (χ2n) is 3.96. The first-order valence-corrected chi connectivity index (χ1v) is 5.59. The van der Waals surface area contributed by atoms with E-state index in [2.05, 4.69) is 4.74 Å². The molecule has 0 spiro atoms. The maximum absolute atomic E-state index is 11.9. The molecule has 1 aromatic rings. The van der Waals surface area contributed by atoms with E-state index in [-0.39, 0.29) is 6.61 Å². The molecule has 1 unspecified atom stereocenters. The third kappa shape index (κ3) is 4.96. The zero-order valence-electron chi connectivity index (χ0n) is 9.64. The van der Waals surface area contributed by atoms with Crippen LogP contribution in [-0.4, -0.2) is 19.4 Å². The Balaban J connectivity index is 2.58. The Labute approximate surface area is 104 Å². The van der Waals surface area contributed by atoms with Gasteiger partial charge >= 0.3 is 6.18 Å². The van der Waals surface area contributed by atoms with Gasteiger partial charge in [0.05, 0.1) is 12.0 Å². The van der Waals surface area contributed by atoms with Crippen molar-refractivity contribution in [2.24, 2.45) is 0 Å². The summed E-state index contributed by atoms with van der Waals surface area (Å²) in [5, 5.41) is -0.558. The van der Waals surface area contributed by atoms with Gasteiger partial charge in [-0.3, -0.25) is 0 Å². The van der Waals surface area contributed by atoms with Gasteiger partial charge < -0.3 is 4.74 Å². The molecule has 0 radical (unpaired) electrons. The van der Waals surface area contributed by atoms with Crippen LogP contribution in [-0.2, 0) is 4.74 Å². The molecular formula is C12H14ClF3O. The Morgan fingerprint density at radius 2 is 1.94 bits per heavy atom. The smallest absolute Gasteiger partial charge is 0.370 e. The minimum absolute atomic E-state index is 0.147. The number of halogens is 4. The first-order chi connectivity index (χ1) is 7.79. The summed E-state index contributed by atoms with van der Waals surface area (Å²) in [6, 6.07) is 5.69. The SMILES string of the molecule is Cc1ccc(C)c(C(Cl)COCC(F)(F)F)c1. The van der Waals surface area contributed by atoms with Crippen molar-refractivity contribution in [1.29, 1.82) is 0 Å². The van der Waals surface area contributed by atoms with Gasteiger partial charge in [0.1, 0.15) is 6.61 Å². The summed E-state index contributed by atoms with van der Waals surface area (Å²) < 4.78 is 40.2. The van der Waals surface area contributed by atoms with Gasteiger partial charge in [0, 0.05) is 0 Å². The highest BCUT2D eigenvalue weighted by Crippen LogP contribution is 2.26. The highest BCUT2D eigenvalue weighted by atomic mass is 35.5. The molecule has 1 aromatic carbocycles. The molecule has 17 heavy (non-hydrogen) atoms. The maximum atomic E-state index is 11.9. The number of alkyl halides is 4. The fraction of sp³-hybridized carbons (Fsp3) is 0.500. The third-order valence-electron chi connectivity index (χ3n) is 2.30. The van der Waals surface area contributed by atoms with E-state index in [4.69, 9.17) is 11.6 Å². The van der Waals surface area contributed by atoms with Gasteiger partial charge in [-0.15, -0.1) is 11.6 Å². The van der Waals surface area contributed by atoms with Crippen molar-refractivity contribution in [1.82, 2.24) is 0 Å². The lowest BCUT2D eigenvalue weighted by molar-refractivity contribution is -0.173. The largest absolute Gasteiger partial charge is 0.411 e. The summed E-state index contributed by atoms with van der Waals surface area (Å²) in [4.78, 5) is 0. The molecule has 0 amide bonds. The molecular weight excluding hydrogens is 253 g/mol. The highest BCUT2D eigenvalue weighted by molar-refractivity contribution is 6.21. The molecule has 0 aliphatic heterocycles.